The zero-order chi connectivity index (χ0) is 10.6. The second-order valence-corrected chi connectivity index (χ2v) is 3.01. The number of pyridine rings is 1. The molecule has 0 spiro atoms. The van der Waals surface area contributed by atoms with E-state index in [9.17, 15) is 9.59 Å². The Balaban J connectivity index is 3.01. The second kappa shape index (κ2) is 4.60. The van der Waals surface area contributed by atoms with Crippen LogP contribution in [0.25, 0.3) is 0 Å². The Morgan fingerprint density at radius 3 is 2.86 bits per heavy atom. The van der Waals surface area contributed by atoms with Gasteiger partial charge in [0.15, 0.2) is 5.43 Å². The molecule has 1 aromatic heterocycles. The molecule has 76 valence electrons. The number of carbonyl (C=O) groups excluding carboxylic acids is 1. The van der Waals surface area contributed by atoms with Gasteiger partial charge in [0.1, 0.15) is 0 Å². The van der Waals surface area contributed by atoms with Crippen molar-refractivity contribution in [1.82, 2.24) is 4.73 Å². The molecule has 0 saturated heterocycles. The molecule has 0 aliphatic rings. The van der Waals surface area contributed by atoms with E-state index in [1.807, 2.05) is 6.92 Å². The van der Waals surface area contributed by atoms with E-state index < -0.39 is 5.97 Å². The molecular formula is C10H13NO3. The predicted molar refractivity (Wildman–Crippen MR) is 52.0 cm³/mol. The lowest BCUT2D eigenvalue weighted by atomic mass is 10.2. The summed E-state index contributed by atoms with van der Waals surface area (Å²) in [7, 11) is 0. The van der Waals surface area contributed by atoms with E-state index in [2.05, 4.69) is 0 Å². The fourth-order valence-corrected chi connectivity index (χ4v) is 1.18. The van der Waals surface area contributed by atoms with E-state index in [0.717, 1.165) is 12.1 Å². The highest BCUT2D eigenvalue weighted by Gasteiger charge is 2.02. The molecule has 0 unspecified atom stereocenters. The van der Waals surface area contributed by atoms with Crippen molar-refractivity contribution in [1.29, 1.82) is 0 Å². The number of hydrogen-bond donors (Lipinski definition) is 0. The number of aromatic nitrogens is 1. The highest BCUT2D eigenvalue weighted by atomic mass is 16.7. The molecule has 0 N–H and O–H groups in total. The topological polar surface area (TPSA) is 48.3 Å². The van der Waals surface area contributed by atoms with Crippen LogP contribution in [0.4, 0.5) is 0 Å². The zero-order valence-corrected chi connectivity index (χ0v) is 8.32. The molecule has 1 heterocycles. The number of rotatable bonds is 3. The van der Waals surface area contributed by atoms with Crippen LogP contribution in [0.2, 0.25) is 0 Å². The van der Waals surface area contributed by atoms with E-state index in [1.54, 1.807) is 0 Å². The second-order valence-electron chi connectivity index (χ2n) is 3.01. The summed E-state index contributed by atoms with van der Waals surface area (Å²) in [6, 6.07) is 2.84. The fraction of sp³-hybridized carbons (Fsp3) is 0.400. The highest BCUT2D eigenvalue weighted by molar-refractivity contribution is 5.66. The van der Waals surface area contributed by atoms with Gasteiger partial charge < -0.3 is 4.84 Å². The summed E-state index contributed by atoms with van der Waals surface area (Å²) in [6.07, 6.45) is 3.07. The van der Waals surface area contributed by atoms with Gasteiger partial charge in [0, 0.05) is 25.3 Å². The summed E-state index contributed by atoms with van der Waals surface area (Å²) in [5, 5.41) is 0. The maximum Gasteiger partial charge on any atom is 0.329 e. The minimum absolute atomic E-state index is 0.0724. The molecule has 4 heteroatoms. The molecule has 0 aromatic carbocycles. The predicted octanol–water partition coefficient (Wildman–Crippen LogP) is 0.776. The van der Waals surface area contributed by atoms with Gasteiger partial charge >= 0.3 is 5.97 Å². The quantitative estimate of drug-likeness (QED) is 0.716. The third-order valence-electron chi connectivity index (χ3n) is 1.70. The first kappa shape index (κ1) is 10.5. The normalized spacial score (nSPS) is 9.86. The van der Waals surface area contributed by atoms with Gasteiger partial charge in [0.2, 0.25) is 0 Å². The number of carbonyl (C=O) groups is 1. The summed E-state index contributed by atoms with van der Waals surface area (Å²) in [4.78, 5) is 26.7. The molecule has 0 bridgehead atoms. The first-order valence-electron chi connectivity index (χ1n) is 4.54. The van der Waals surface area contributed by atoms with Crippen LogP contribution in [0.1, 0.15) is 26.0 Å². The van der Waals surface area contributed by atoms with Crippen molar-refractivity contribution in [3.63, 3.8) is 0 Å². The minimum atomic E-state index is -0.397. The van der Waals surface area contributed by atoms with Gasteiger partial charge in [0.05, 0.1) is 5.69 Å². The molecule has 0 saturated carbocycles. The van der Waals surface area contributed by atoms with Crippen molar-refractivity contribution in [2.45, 2.75) is 26.7 Å². The Morgan fingerprint density at radius 1 is 1.57 bits per heavy atom. The minimum Gasteiger partial charge on any atom is -0.337 e. The summed E-state index contributed by atoms with van der Waals surface area (Å²) in [5.41, 5.74) is 0.645. The molecule has 0 amide bonds. The van der Waals surface area contributed by atoms with Gasteiger partial charge in [-0.2, -0.15) is 4.73 Å². The van der Waals surface area contributed by atoms with Crippen molar-refractivity contribution in [3.8, 4) is 0 Å². The number of aryl methyl sites for hydroxylation is 1. The lowest BCUT2D eigenvalue weighted by Crippen LogP contribution is -2.22. The average molecular weight is 195 g/mol. The first-order chi connectivity index (χ1) is 6.63. The van der Waals surface area contributed by atoms with E-state index in [1.165, 1.54) is 30.0 Å². The third kappa shape index (κ3) is 2.73. The maximum absolute atomic E-state index is 11.0. The SMILES string of the molecule is CCCc1cc(=O)ccn1OC(C)=O. The van der Waals surface area contributed by atoms with Crippen molar-refractivity contribution >= 4 is 5.97 Å². The van der Waals surface area contributed by atoms with E-state index in [-0.39, 0.29) is 5.43 Å². The largest absolute Gasteiger partial charge is 0.337 e. The molecule has 0 atom stereocenters. The smallest absolute Gasteiger partial charge is 0.329 e. The summed E-state index contributed by atoms with van der Waals surface area (Å²) >= 11 is 0. The average Bonchev–Trinajstić information content (AvgIpc) is 2.09. The van der Waals surface area contributed by atoms with Crippen LogP contribution in [-0.4, -0.2) is 10.7 Å². The summed E-state index contributed by atoms with van der Waals surface area (Å²) in [5.74, 6) is -0.397. The van der Waals surface area contributed by atoms with Crippen molar-refractivity contribution in [2.24, 2.45) is 0 Å². The van der Waals surface area contributed by atoms with E-state index in [4.69, 9.17) is 4.84 Å². The molecule has 1 rings (SSSR count). The Morgan fingerprint density at radius 2 is 2.29 bits per heavy atom. The third-order valence-corrected chi connectivity index (χ3v) is 1.70. The van der Waals surface area contributed by atoms with Gasteiger partial charge in [-0.1, -0.05) is 13.3 Å². The molecule has 1 aromatic rings. The molecule has 0 fully saturated rings. The van der Waals surface area contributed by atoms with Gasteiger partial charge in [-0.3, -0.25) is 4.79 Å². The van der Waals surface area contributed by atoms with Gasteiger partial charge in [-0.05, 0) is 6.42 Å². The Hall–Kier alpha value is -1.58. The first-order valence-corrected chi connectivity index (χ1v) is 4.54. The van der Waals surface area contributed by atoms with E-state index >= 15 is 0 Å². The standard InChI is InChI=1S/C10H13NO3/c1-3-4-9-7-10(13)5-6-11(9)14-8(2)12/h5-7H,3-4H2,1-2H3. The van der Waals surface area contributed by atoms with Gasteiger partial charge in [-0.15, -0.1) is 0 Å². The van der Waals surface area contributed by atoms with Gasteiger partial charge in [0.25, 0.3) is 0 Å². The Bertz CT molecular complexity index is 381. The Labute approximate surface area is 82.1 Å². The highest BCUT2D eigenvalue weighted by Crippen LogP contribution is 1.99. The van der Waals surface area contributed by atoms with Crippen LogP contribution in [0, 0.1) is 0 Å². The van der Waals surface area contributed by atoms with Crippen LogP contribution in [0.15, 0.2) is 23.1 Å². The number of hydrogen-bond acceptors (Lipinski definition) is 3. The van der Waals surface area contributed by atoms with Crippen LogP contribution in [0.5, 0.6) is 0 Å². The van der Waals surface area contributed by atoms with Crippen LogP contribution < -0.4 is 10.3 Å². The molecule has 14 heavy (non-hydrogen) atoms. The lowest BCUT2D eigenvalue weighted by molar-refractivity contribution is -0.141. The van der Waals surface area contributed by atoms with E-state index in [0.29, 0.717) is 6.42 Å². The van der Waals surface area contributed by atoms with Crippen LogP contribution in [-0.2, 0) is 11.2 Å². The number of nitrogens with zero attached hydrogens (tertiary/aromatic N) is 1. The Kier molecular flexibility index (Phi) is 3.45. The van der Waals surface area contributed by atoms with Crippen LogP contribution in [0.3, 0.4) is 0 Å². The van der Waals surface area contributed by atoms with Crippen LogP contribution >= 0.6 is 0 Å². The molecule has 0 aliphatic carbocycles. The monoisotopic (exact) mass is 195 g/mol. The lowest BCUT2D eigenvalue weighted by Gasteiger charge is -2.10. The molecule has 0 radical (unpaired) electrons. The summed E-state index contributed by atoms with van der Waals surface area (Å²) in [6.45, 7) is 3.32. The maximum atomic E-state index is 11.0. The molecule has 0 aliphatic heterocycles. The fourth-order valence-electron chi connectivity index (χ4n) is 1.18. The van der Waals surface area contributed by atoms with Crippen molar-refractivity contribution in [3.05, 3.63) is 34.2 Å². The zero-order valence-electron chi connectivity index (χ0n) is 8.32. The molecular weight excluding hydrogens is 182 g/mol. The molecule has 4 nitrogen and oxygen atoms in total. The van der Waals surface area contributed by atoms with Crippen molar-refractivity contribution in [2.75, 3.05) is 0 Å². The summed E-state index contributed by atoms with van der Waals surface area (Å²) < 4.78 is 1.34. The van der Waals surface area contributed by atoms with Crippen molar-refractivity contribution < 1.29 is 9.63 Å². The van der Waals surface area contributed by atoms with Gasteiger partial charge in [-0.25, -0.2) is 4.79 Å².